The van der Waals surface area contributed by atoms with Gasteiger partial charge in [-0.05, 0) is 25.7 Å². The molecular weight excluding hydrogens is 192 g/mol. The third-order valence-electron chi connectivity index (χ3n) is 2.93. The zero-order valence-corrected chi connectivity index (χ0v) is 9.50. The molecule has 1 saturated heterocycles. The maximum atomic E-state index is 11.7. The van der Waals surface area contributed by atoms with Crippen LogP contribution in [0.5, 0.6) is 0 Å². The molecule has 4 heteroatoms. The minimum Gasteiger partial charge on any atom is -0.381 e. The van der Waals surface area contributed by atoms with E-state index in [1.807, 2.05) is 0 Å². The first-order valence-corrected chi connectivity index (χ1v) is 5.85. The summed E-state index contributed by atoms with van der Waals surface area (Å²) in [4.78, 5) is 11.7. The fraction of sp³-hybridized carbons (Fsp3) is 0.909. The van der Waals surface area contributed by atoms with Gasteiger partial charge in [-0.1, -0.05) is 6.92 Å². The van der Waals surface area contributed by atoms with Crippen molar-refractivity contribution in [2.45, 2.75) is 38.6 Å². The second-order valence-electron chi connectivity index (χ2n) is 4.13. The summed E-state index contributed by atoms with van der Waals surface area (Å²) in [5, 5.41) is 2.94. The first kappa shape index (κ1) is 12.5. The van der Waals surface area contributed by atoms with Crippen molar-refractivity contribution in [3.05, 3.63) is 0 Å². The molecule has 0 radical (unpaired) electrons. The Morgan fingerprint density at radius 2 is 2.20 bits per heavy atom. The predicted octanol–water partition coefficient (Wildman–Crippen LogP) is 0.657. The maximum Gasteiger partial charge on any atom is 0.223 e. The van der Waals surface area contributed by atoms with Crippen LogP contribution in [0.3, 0.4) is 0 Å². The SMILES string of the molecule is CCC(N)CCNC(=O)C1CCOCC1. The van der Waals surface area contributed by atoms with E-state index in [-0.39, 0.29) is 17.9 Å². The molecule has 1 amide bonds. The van der Waals surface area contributed by atoms with Crippen molar-refractivity contribution in [2.75, 3.05) is 19.8 Å². The fourth-order valence-corrected chi connectivity index (χ4v) is 1.69. The molecule has 0 bridgehead atoms. The van der Waals surface area contributed by atoms with Gasteiger partial charge in [0.05, 0.1) is 0 Å². The lowest BCUT2D eigenvalue weighted by Gasteiger charge is -2.21. The van der Waals surface area contributed by atoms with Gasteiger partial charge in [0.1, 0.15) is 0 Å². The van der Waals surface area contributed by atoms with Gasteiger partial charge in [0, 0.05) is 31.7 Å². The lowest BCUT2D eigenvalue weighted by atomic mass is 9.99. The maximum absolute atomic E-state index is 11.7. The molecule has 1 fully saturated rings. The van der Waals surface area contributed by atoms with Crippen molar-refractivity contribution in [3.8, 4) is 0 Å². The van der Waals surface area contributed by atoms with Crippen LogP contribution >= 0.6 is 0 Å². The normalized spacial score (nSPS) is 19.9. The van der Waals surface area contributed by atoms with Crippen LogP contribution in [0, 0.1) is 5.92 Å². The van der Waals surface area contributed by atoms with E-state index < -0.39 is 0 Å². The van der Waals surface area contributed by atoms with Crippen molar-refractivity contribution < 1.29 is 9.53 Å². The molecular formula is C11H22N2O2. The van der Waals surface area contributed by atoms with E-state index in [4.69, 9.17) is 10.5 Å². The predicted molar refractivity (Wildman–Crippen MR) is 59.4 cm³/mol. The van der Waals surface area contributed by atoms with Crippen molar-refractivity contribution >= 4 is 5.91 Å². The first-order valence-electron chi connectivity index (χ1n) is 5.85. The monoisotopic (exact) mass is 214 g/mol. The van der Waals surface area contributed by atoms with Gasteiger partial charge in [-0.25, -0.2) is 0 Å². The molecule has 0 spiro atoms. The van der Waals surface area contributed by atoms with Crippen LogP contribution in [0.4, 0.5) is 0 Å². The summed E-state index contributed by atoms with van der Waals surface area (Å²) >= 11 is 0. The van der Waals surface area contributed by atoms with Crippen molar-refractivity contribution in [1.82, 2.24) is 5.32 Å². The molecule has 1 aliphatic rings. The molecule has 1 rings (SSSR count). The van der Waals surface area contributed by atoms with Gasteiger partial charge in [0.2, 0.25) is 5.91 Å². The van der Waals surface area contributed by atoms with E-state index in [1.165, 1.54) is 0 Å². The van der Waals surface area contributed by atoms with Crippen LogP contribution in [0.1, 0.15) is 32.6 Å². The van der Waals surface area contributed by atoms with Crippen molar-refractivity contribution in [1.29, 1.82) is 0 Å². The summed E-state index contributed by atoms with van der Waals surface area (Å²) < 4.78 is 5.21. The van der Waals surface area contributed by atoms with E-state index in [1.54, 1.807) is 0 Å². The topological polar surface area (TPSA) is 64.3 Å². The molecule has 1 unspecified atom stereocenters. The summed E-state index contributed by atoms with van der Waals surface area (Å²) in [5.74, 6) is 0.318. The van der Waals surface area contributed by atoms with Crippen LogP contribution < -0.4 is 11.1 Å². The molecule has 0 aromatic rings. The minimum absolute atomic E-state index is 0.150. The molecule has 3 N–H and O–H groups in total. The average molecular weight is 214 g/mol. The highest BCUT2D eigenvalue weighted by Crippen LogP contribution is 2.14. The van der Waals surface area contributed by atoms with Crippen LogP contribution in [-0.2, 0) is 9.53 Å². The number of hydrogen-bond acceptors (Lipinski definition) is 3. The summed E-state index contributed by atoms with van der Waals surface area (Å²) in [6.07, 6.45) is 3.54. The molecule has 4 nitrogen and oxygen atoms in total. The highest BCUT2D eigenvalue weighted by atomic mass is 16.5. The van der Waals surface area contributed by atoms with Crippen molar-refractivity contribution in [2.24, 2.45) is 11.7 Å². The Hall–Kier alpha value is -0.610. The van der Waals surface area contributed by atoms with Crippen molar-refractivity contribution in [3.63, 3.8) is 0 Å². The molecule has 1 aliphatic heterocycles. The standard InChI is InChI=1S/C11H22N2O2/c1-2-10(12)3-6-13-11(14)9-4-7-15-8-5-9/h9-10H,2-8,12H2,1H3,(H,13,14). The second kappa shape index (κ2) is 6.80. The van der Waals surface area contributed by atoms with E-state index >= 15 is 0 Å². The number of nitrogens with two attached hydrogens (primary N) is 1. The van der Waals surface area contributed by atoms with Gasteiger partial charge in [0.15, 0.2) is 0 Å². The Balaban J connectivity index is 2.12. The molecule has 1 heterocycles. The van der Waals surface area contributed by atoms with Crippen LogP contribution in [0.25, 0.3) is 0 Å². The minimum atomic E-state index is 0.150. The lowest BCUT2D eigenvalue weighted by Crippen LogP contribution is -2.36. The number of hydrogen-bond donors (Lipinski definition) is 2. The highest BCUT2D eigenvalue weighted by molar-refractivity contribution is 5.78. The zero-order chi connectivity index (χ0) is 11.1. The molecule has 0 aromatic carbocycles. The molecule has 1 atom stereocenters. The van der Waals surface area contributed by atoms with Crippen LogP contribution in [0.2, 0.25) is 0 Å². The van der Waals surface area contributed by atoms with E-state index in [9.17, 15) is 4.79 Å². The van der Waals surface area contributed by atoms with Crippen LogP contribution in [-0.4, -0.2) is 31.7 Å². The lowest BCUT2D eigenvalue weighted by molar-refractivity contribution is -0.127. The molecule has 88 valence electrons. The van der Waals surface area contributed by atoms with E-state index in [2.05, 4.69) is 12.2 Å². The van der Waals surface area contributed by atoms with E-state index in [0.29, 0.717) is 19.8 Å². The summed E-state index contributed by atoms with van der Waals surface area (Å²) in [7, 11) is 0. The van der Waals surface area contributed by atoms with Gasteiger partial charge in [-0.15, -0.1) is 0 Å². The molecule has 0 saturated carbocycles. The molecule has 0 aliphatic carbocycles. The van der Waals surface area contributed by atoms with Gasteiger partial charge in [-0.3, -0.25) is 4.79 Å². The van der Waals surface area contributed by atoms with Crippen LogP contribution in [0.15, 0.2) is 0 Å². The summed E-state index contributed by atoms with van der Waals surface area (Å²) in [5.41, 5.74) is 5.77. The molecule has 15 heavy (non-hydrogen) atoms. The number of ether oxygens (including phenoxy) is 1. The third kappa shape index (κ3) is 4.62. The number of nitrogens with one attached hydrogen (secondary N) is 1. The second-order valence-corrected chi connectivity index (χ2v) is 4.13. The third-order valence-corrected chi connectivity index (χ3v) is 2.93. The van der Waals surface area contributed by atoms with Gasteiger partial charge < -0.3 is 15.8 Å². The van der Waals surface area contributed by atoms with Gasteiger partial charge in [0.25, 0.3) is 0 Å². The zero-order valence-electron chi connectivity index (χ0n) is 9.50. The van der Waals surface area contributed by atoms with Gasteiger partial charge >= 0.3 is 0 Å². The average Bonchev–Trinajstić information content (AvgIpc) is 2.29. The molecule has 0 aromatic heterocycles. The highest BCUT2D eigenvalue weighted by Gasteiger charge is 2.20. The Bertz CT molecular complexity index is 191. The number of rotatable bonds is 5. The fourth-order valence-electron chi connectivity index (χ4n) is 1.69. The number of amides is 1. The smallest absolute Gasteiger partial charge is 0.223 e. The first-order chi connectivity index (χ1) is 7.24. The Kier molecular flexibility index (Phi) is 5.65. The van der Waals surface area contributed by atoms with E-state index in [0.717, 1.165) is 25.7 Å². The number of carbonyl (C=O) groups excluding carboxylic acids is 1. The summed E-state index contributed by atoms with van der Waals surface area (Å²) in [6.45, 7) is 4.19. The number of carbonyl (C=O) groups is 1. The Morgan fingerprint density at radius 1 is 1.53 bits per heavy atom. The quantitative estimate of drug-likeness (QED) is 0.706. The Morgan fingerprint density at radius 3 is 2.80 bits per heavy atom. The summed E-state index contributed by atoms with van der Waals surface area (Å²) in [6, 6.07) is 0.208. The largest absolute Gasteiger partial charge is 0.381 e. The Labute approximate surface area is 91.5 Å². The van der Waals surface area contributed by atoms with Gasteiger partial charge in [-0.2, -0.15) is 0 Å².